The van der Waals surface area contributed by atoms with E-state index in [-0.39, 0.29) is 39.8 Å². The number of halogens is 3. The van der Waals surface area contributed by atoms with Gasteiger partial charge in [-0.25, -0.2) is 13.4 Å². The molecule has 0 saturated carbocycles. The van der Waals surface area contributed by atoms with Gasteiger partial charge in [0.05, 0.1) is 46.5 Å². The molecule has 2 aliphatic heterocycles. The second-order valence-electron chi connectivity index (χ2n) is 12.6. The number of nitrogens with one attached hydrogen (secondary N) is 1. The monoisotopic (exact) mass is 680 g/mol. The highest BCUT2D eigenvalue weighted by Crippen LogP contribution is 2.37. The van der Waals surface area contributed by atoms with Gasteiger partial charge in [0, 0.05) is 48.4 Å². The van der Waals surface area contributed by atoms with Gasteiger partial charge < -0.3 is 10.1 Å². The van der Waals surface area contributed by atoms with Gasteiger partial charge in [-0.15, -0.1) is 0 Å². The summed E-state index contributed by atoms with van der Waals surface area (Å²) in [6.45, 7) is 6.81. The Morgan fingerprint density at radius 1 is 0.979 bits per heavy atom. The number of pyridine rings is 1. The van der Waals surface area contributed by atoms with Crippen LogP contribution >= 0.6 is 0 Å². The minimum Gasteiger partial charge on any atom is -0.379 e. The highest BCUT2D eigenvalue weighted by atomic mass is 32.2. The van der Waals surface area contributed by atoms with E-state index in [0.29, 0.717) is 30.2 Å². The largest absolute Gasteiger partial charge is 0.416 e. The van der Waals surface area contributed by atoms with E-state index in [9.17, 15) is 26.4 Å². The summed E-state index contributed by atoms with van der Waals surface area (Å²) in [5.41, 5.74) is 1.42. The van der Waals surface area contributed by atoms with Crippen molar-refractivity contribution in [3.05, 3.63) is 95.1 Å². The van der Waals surface area contributed by atoms with Crippen LogP contribution in [0.3, 0.4) is 0 Å². The molecule has 1 aromatic heterocycles. The number of aromatic nitrogens is 1. The molecule has 0 aliphatic carbocycles. The molecule has 0 bridgehead atoms. The van der Waals surface area contributed by atoms with E-state index in [1.165, 1.54) is 18.2 Å². The van der Waals surface area contributed by atoms with Crippen LogP contribution in [0.4, 0.5) is 13.2 Å². The molecule has 1 amide bonds. The van der Waals surface area contributed by atoms with Gasteiger partial charge >= 0.3 is 6.18 Å². The van der Waals surface area contributed by atoms with Crippen molar-refractivity contribution < 1.29 is 31.1 Å². The lowest BCUT2D eigenvalue weighted by Gasteiger charge is -2.40. The van der Waals surface area contributed by atoms with E-state index < -0.39 is 27.5 Å². The van der Waals surface area contributed by atoms with Crippen molar-refractivity contribution in [2.75, 3.05) is 45.6 Å². The first-order valence-electron chi connectivity index (χ1n) is 16.1. The third-order valence-corrected chi connectivity index (χ3v) is 10.4. The topological polar surface area (TPSA) is 91.8 Å². The SMILES string of the molecule is CC(NC(=O)c1c(CN2CCC(N3CCOCC3)CC2)c(-c2cccc(C(F)(F)F)c2)nc2cc(S(C)(=O)=O)ccc12)c1ccccc1. The Hall–Kier alpha value is -3.84. The molecule has 48 heavy (non-hydrogen) atoms. The van der Waals surface area contributed by atoms with Gasteiger partial charge in [-0.2, -0.15) is 13.2 Å². The maximum atomic E-state index is 14.4. The standard InChI is InChI=1S/C36H39F3N4O4S/c1-24(25-7-4-3-5-8-25)40-35(44)33-30-12-11-29(48(2,45)46)22-32(30)41-34(26-9-6-10-27(21-26)36(37,38)39)31(33)23-42-15-13-28(14-16-42)43-17-19-47-20-18-43/h3-12,21-22,24,28H,13-20,23H2,1-2H3,(H,40,44). The lowest BCUT2D eigenvalue weighted by atomic mass is 9.93. The molecule has 3 aromatic carbocycles. The lowest BCUT2D eigenvalue weighted by molar-refractivity contribution is -0.137. The quantitative estimate of drug-likeness (QED) is 0.240. The predicted octanol–water partition coefficient (Wildman–Crippen LogP) is 6.11. The summed E-state index contributed by atoms with van der Waals surface area (Å²) in [5, 5.41) is 3.51. The first kappa shape index (κ1) is 34.0. The van der Waals surface area contributed by atoms with Gasteiger partial charge in [-0.3, -0.25) is 14.6 Å². The maximum Gasteiger partial charge on any atom is 0.416 e. The second-order valence-corrected chi connectivity index (χ2v) is 14.6. The fourth-order valence-corrected chi connectivity index (χ4v) is 7.35. The molecule has 2 saturated heterocycles. The van der Waals surface area contributed by atoms with Gasteiger partial charge in [0.1, 0.15) is 0 Å². The van der Waals surface area contributed by atoms with E-state index in [1.54, 1.807) is 12.1 Å². The summed E-state index contributed by atoms with van der Waals surface area (Å²) in [4.78, 5) is 23.9. The van der Waals surface area contributed by atoms with Gasteiger partial charge in [-0.05, 0) is 62.7 Å². The molecule has 1 unspecified atom stereocenters. The molecule has 6 rings (SSSR count). The van der Waals surface area contributed by atoms with Gasteiger partial charge in [0.2, 0.25) is 0 Å². The third-order valence-electron chi connectivity index (χ3n) is 9.33. The van der Waals surface area contributed by atoms with Crippen LogP contribution in [0.5, 0.6) is 0 Å². The van der Waals surface area contributed by atoms with Crippen molar-refractivity contribution in [2.24, 2.45) is 0 Å². The van der Waals surface area contributed by atoms with Crippen LogP contribution in [0.2, 0.25) is 0 Å². The predicted molar refractivity (Wildman–Crippen MR) is 178 cm³/mol. The van der Waals surface area contributed by atoms with Gasteiger partial charge in [-0.1, -0.05) is 48.5 Å². The fraction of sp³-hybridized carbons (Fsp3) is 0.389. The summed E-state index contributed by atoms with van der Waals surface area (Å²) in [5.74, 6) is -0.419. The molecule has 254 valence electrons. The summed E-state index contributed by atoms with van der Waals surface area (Å²) in [7, 11) is -3.64. The van der Waals surface area contributed by atoms with Crippen LogP contribution in [-0.4, -0.2) is 80.8 Å². The number of benzene rings is 3. The van der Waals surface area contributed by atoms with Crippen molar-refractivity contribution in [2.45, 2.75) is 49.5 Å². The maximum absolute atomic E-state index is 14.4. The first-order chi connectivity index (χ1) is 22.9. The molecule has 12 heteroatoms. The van der Waals surface area contributed by atoms with Crippen LogP contribution in [0.15, 0.2) is 77.7 Å². The molecule has 0 spiro atoms. The molecule has 0 radical (unpaired) electrons. The first-order valence-corrected chi connectivity index (χ1v) is 18.0. The molecule has 1 N–H and O–H groups in total. The van der Waals surface area contributed by atoms with Crippen LogP contribution in [0, 0.1) is 0 Å². The Kier molecular flexibility index (Phi) is 9.89. The number of hydrogen-bond acceptors (Lipinski definition) is 7. The van der Waals surface area contributed by atoms with Crippen LogP contribution in [-0.2, 0) is 27.3 Å². The molecule has 8 nitrogen and oxygen atoms in total. The summed E-state index contributed by atoms with van der Waals surface area (Å²) in [6, 6.07) is 18.8. The van der Waals surface area contributed by atoms with Crippen LogP contribution < -0.4 is 5.32 Å². The zero-order valence-corrected chi connectivity index (χ0v) is 27.8. The Balaban J connectivity index is 1.48. The average molecular weight is 681 g/mol. The van der Waals surface area contributed by atoms with Crippen molar-refractivity contribution in [3.63, 3.8) is 0 Å². The number of rotatable bonds is 8. The van der Waals surface area contributed by atoms with Crippen LogP contribution in [0.25, 0.3) is 22.2 Å². The molecule has 2 aliphatic rings. The number of amides is 1. The highest BCUT2D eigenvalue weighted by molar-refractivity contribution is 7.90. The van der Waals surface area contributed by atoms with Crippen molar-refractivity contribution in [1.29, 1.82) is 0 Å². The van der Waals surface area contributed by atoms with E-state index in [1.807, 2.05) is 37.3 Å². The average Bonchev–Trinajstić information content (AvgIpc) is 3.08. The van der Waals surface area contributed by atoms with E-state index in [0.717, 1.165) is 63.0 Å². The van der Waals surface area contributed by atoms with Gasteiger partial charge in [0.25, 0.3) is 5.91 Å². The van der Waals surface area contributed by atoms with E-state index in [2.05, 4.69) is 15.1 Å². The van der Waals surface area contributed by atoms with Crippen molar-refractivity contribution in [3.8, 4) is 11.3 Å². The number of likely N-dealkylation sites (tertiary alicyclic amines) is 1. The number of carbonyl (C=O) groups excluding carboxylic acids is 1. The Morgan fingerprint density at radius 3 is 2.35 bits per heavy atom. The Bertz CT molecular complexity index is 1890. The molecule has 1 atom stereocenters. The number of nitrogens with zero attached hydrogens (tertiary/aromatic N) is 3. The zero-order valence-electron chi connectivity index (χ0n) is 27.0. The number of piperidine rings is 1. The number of morpholine rings is 1. The normalized spacial score (nSPS) is 17.8. The number of ether oxygens (including phenoxy) is 1. The highest BCUT2D eigenvalue weighted by Gasteiger charge is 2.33. The number of hydrogen-bond donors (Lipinski definition) is 1. The van der Waals surface area contributed by atoms with Crippen molar-refractivity contribution in [1.82, 2.24) is 20.1 Å². The minimum atomic E-state index is -4.59. The van der Waals surface area contributed by atoms with Crippen LogP contribution in [0.1, 0.15) is 52.9 Å². The molecule has 4 aromatic rings. The second kappa shape index (κ2) is 13.9. The number of alkyl halides is 3. The Morgan fingerprint density at radius 2 is 1.69 bits per heavy atom. The molecule has 2 fully saturated rings. The smallest absolute Gasteiger partial charge is 0.379 e. The fourth-order valence-electron chi connectivity index (χ4n) is 6.71. The number of sulfone groups is 1. The molecular weight excluding hydrogens is 641 g/mol. The van der Waals surface area contributed by atoms with E-state index >= 15 is 0 Å². The molecule has 3 heterocycles. The van der Waals surface area contributed by atoms with E-state index in [4.69, 9.17) is 9.72 Å². The number of fused-ring (bicyclic) bond motifs is 1. The van der Waals surface area contributed by atoms with Crippen molar-refractivity contribution >= 4 is 26.6 Å². The lowest BCUT2D eigenvalue weighted by Crippen LogP contribution is -2.48. The summed E-state index contributed by atoms with van der Waals surface area (Å²) in [6.07, 6.45) is -1.70. The molecular formula is C36H39F3N4O4S. The minimum absolute atomic E-state index is 0.000519. The van der Waals surface area contributed by atoms with Gasteiger partial charge in [0.15, 0.2) is 9.84 Å². The number of carbonyl (C=O) groups is 1. The summed E-state index contributed by atoms with van der Waals surface area (Å²) < 4.78 is 72.4. The third kappa shape index (κ3) is 7.57. The zero-order chi connectivity index (χ0) is 34.1. The Labute approximate surface area is 278 Å². The summed E-state index contributed by atoms with van der Waals surface area (Å²) >= 11 is 0.